The van der Waals surface area contributed by atoms with Crippen LogP contribution in [0.5, 0.6) is 0 Å². The number of rotatable bonds is 6. The third-order valence-corrected chi connectivity index (χ3v) is 4.89. The molecule has 0 saturated carbocycles. The van der Waals surface area contributed by atoms with Crippen molar-refractivity contribution in [3.63, 3.8) is 0 Å². The van der Waals surface area contributed by atoms with Crippen LogP contribution in [0.4, 0.5) is 5.69 Å². The molecule has 1 unspecified atom stereocenters. The number of aryl methyl sites for hydroxylation is 2. The molecule has 0 aliphatic carbocycles. The van der Waals surface area contributed by atoms with Crippen LogP contribution in [0.15, 0.2) is 60.7 Å². The number of benzene rings is 2. The topological polar surface area (TPSA) is 50.2 Å². The van der Waals surface area contributed by atoms with Gasteiger partial charge in [0.2, 0.25) is 5.91 Å². The van der Waals surface area contributed by atoms with E-state index in [1.165, 1.54) is 0 Å². The van der Waals surface area contributed by atoms with E-state index in [4.69, 9.17) is 0 Å². The molecule has 5 heteroatoms. The lowest BCUT2D eigenvalue weighted by atomic mass is 9.98. The molecular formula is C22H26N4O. The zero-order valence-electron chi connectivity index (χ0n) is 16.3. The maximum Gasteiger partial charge on any atom is 0.245 e. The number of carbonyl (C=O) groups is 1. The van der Waals surface area contributed by atoms with E-state index in [2.05, 4.69) is 22.7 Å². The quantitative estimate of drug-likeness (QED) is 0.677. The predicted molar refractivity (Wildman–Crippen MR) is 108 cm³/mol. The lowest BCUT2D eigenvalue weighted by molar-refractivity contribution is -0.122. The fourth-order valence-corrected chi connectivity index (χ4v) is 3.35. The smallest absolute Gasteiger partial charge is 0.245 e. The summed E-state index contributed by atoms with van der Waals surface area (Å²) in [4.78, 5) is 13.0. The van der Waals surface area contributed by atoms with E-state index in [1.807, 2.05) is 86.0 Å². The lowest BCUT2D eigenvalue weighted by Crippen LogP contribution is -2.44. The van der Waals surface area contributed by atoms with Gasteiger partial charge >= 0.3 is 0 Å². The second-order valence-electron chi connectivity index (χ2n) is 6.81. The van der Waals surface area contributed by atoms with E-state index in [9.17, 15) is 4.79 Å². The lowest BCUT2D eigenvalue weighted by Gasteiger charge is -2.27. The maximum atomic E-state index is 13.0. The van der Waals surface area contributed by atoms with Crippen molar-refractivity contribution in [2.24, 2.45) is 7.05 Å². The van der Waals surface area contributed by atoms with Gasteiger partial charge in [-0.15, -0.1) is 0 Å². The van der Waals surface area contributed by atoms with Gasteiger partial charge in [0.15, 0.2) is 0 Å². The van der Waals surface area contributed by atoms with Gasteiger partial charge in [0.05, 0.1) is 23.8 Å². The number of nitrogens with one attached hydrogen (secondary N) is 1. The van der Waals surface area contributed by atoms with Crippen molar-refractivity contribution in [1.82, 2.24) is 15.2 Å². The number of amides is 1. The van der Waals surface area contributed by atoms with Crippen LogP contribution in [0.1, 0.15) is 35.4 Å². The average Bonchev–Trinajstić information content (AvgIpc) is 2.94. The number of para-hydroxylation sites is 1. The Balaban J connectivity index is 1.84. The number of hydrogen-bond donors (Lipinski definition) is 1. The summed E-state index contributed by atoms with van der Waals surface area (Å²) in [5.74, 6) is -0.338. The highest BCUT2D eigenvalue weighted by molar-refractivity contribution is 5.85. The van der Waals surface area contributed by atoms with Gasteiger partial charge in [-0.05, 0) is 38.5 Å². The summed E-state index contributed by atoms with van der Waals surface area (Å²) < 4.78 is 1.83. The normalized spacial score (nSPS) is 11.9. The first-order chi connectivity index (χ1) is 13.0. The van der Waals surface area contributed by atoms with E-state index in [0.717, 1.165) is 28.2 Å². The van der Waals surface area contributed by atoms with E-state index in [-0.39, 0.29) is 11.8 Å². The molecule has 27 heavy (non-hydrogen) atoms. The highest BCUT2D eigenvalue weighted by atomic mass is 16.2. The van der Waals surface area contributed by atoms with Crippen LogP contribution in [0, 0.1) is 13.8 Å². The zero-order valence-corrected chi connectivity index (χ0v) is 16.3. The Hall–Kier alpha value is -3.08. The number of hydrazine groups is 1. The largest absolute Gasteiger partial charge is 0.281 e. The molecule has 0 bridgehead atoms. The van der Waals surface area contributed by atoms with Crippen LogP contribution in [0.2, 0.25) is 0 Å². The first kappa shape index (κ1) is 18.7. The Labute approximate surface area is 160 Å². The van der Waals surface area contributed by atoms with Gasteiger partial charge in [-0.3, -0.25) is 19.9 Å². The molecule has 0 radical (unpaired) electrons. The first-order valence-electron chi connectivity index (χ1n) is 9.14. The van der Waals surface area contributed by atoms with Crippen LogP contribution in [0.3, 0.4) is 0 Å². The molecule has 1 aromatic heterocycles. The van der Waals surface area contributed by atoms with Crippen molar-refractivity contribution in [1.29, 1.82) is 0 Å². The zero-order chi connectivity index (χ0) is 19.4. The van der Waals surface area contributed by atoms with Crippen molar-refractivity contribution >= 4 is 11.6 Å². The van der Waals surface area contributed by atoms with Gasteiger partial charge in [0.1, 0.15) is 0 Å². The molecule has 1 atom stereocenters. The third-order valence-electron chi connectivity index (χ3n) is 4.89. The molecule has 0 saturated heterocycles. The van der Waals surface area contributed by atoms with Crippen molar-refractivity contribution in [3.05, 3.63) is 83.2 Å². The summed E-state index contributed by atoms with van der Waals surface area (Å²) in [7, 11) is 1.90. The van der Waals surface area contributed by atoms with Crippen LogP contribution in [-0.2, 0) is 18.4 Å². The number of aromatic nitrogens is 2. The van der Waals surface area contributed by atoms with E-state index < -0.39 is 0 Å². The molecule has 0 aliphatic rings. The molecule has 140 valence electrons. The predicted octanol–water partition coefficient (Wildman–Crippen LogP) is 3.88. The Kier molecular flexibility index (Phi) is 5.60. The summed E-state index contributed by atoms with van der Waals surface area (Å²) in [6.07, 6.45) is 0. The highest BCUT2D eigenvalue weighted by Gasteiger charge is 2.24. The molecule has 1 amide bonds. The van der Waals surface area contributed by atoms with Crippen molar-refractivity contribution in [2.75, 3.05) is 5.01 Å². The minimum atomic E-state index is -0.291. The number of hydrogen-bond acceptors (Lipinski definition) is 3. The third kappa shape index (κ3) is 4.19. The fraction of sp³-hybridized carbons (Fsp3) is 0.273. The molecule has 0 spiro atoms. The second-order valence-corrected chi connectivity index (χ2v) is 6.81. The van der Waals surface area contributed by atoms with Gasteiger partial charge in [-0.25, -0.2) is 0 Å². The van der Waals surface area contributed by atoms with E-state index in [1.54, 1.807) is 0 Å². The molecule has 0 fully saturated rings. The molecule has 2 aromatic carbocycles. The van der Waals surface area contributed by atoms with Crippen molar-refractivity contribution < 1.29 is 4.79 Å². The SMILES string of the molecule is Cc1nn(C)c(C)c1C(C)C(=O)NN(Cc1ccccc1)c1ccccc1. The Morgan fingerprint density at radius 1 is 1.07 bits per heavy atom. The molecule has 1 heterocycles. The van der Waals surface area contributed by atoms with Crippen molar-refractivity contribution in [3.8, 4) is 0 Å². The summed E-state index contributed by atoms with van der Waals surface area (Å²) in [6, 6.07) is 20.0. The van der Waals surface area contributed by atoms with E-state index >= 15 is 0 Å². The number of carbonyl (C=O) groups excluding carboxylic acids is 1. The van der Waals surface area contributed by atoms with E-state index in [0.29, 0.717) is 6.54 Å². The number of anilines is 1. The second kappa shape index (κ2) is 8.08. The molecule has 3 rings (SSSR count). The summed E-state index contributed by atoms with van der Waals surface area (Å²) in [5.41, 5.74) is 8.08. The molecule has 0 aliphatic heterocycles. The Morgan fingerprint density at radius 2 is 1.67 bits per heavy atom. The Bertz CT molecular complexity index is 903. The molecule has 1 N–H and O–H groups in total. The highest BCUT2D eigenvalue weighted by Crippen LogP contribution is 2.24. The van der Waals surface area contributed by atoms with Gasteiger partial charge in [0, 0.05) is 18.3 Å². The standard InChI is InChI=1S/C22H26N4O/c1-16(21-17(2)23-25(4)18(21)3)22(27)24-26(20-13-9-6-10-14-20)15-19-11-7-5-8-12-19/h5-14,16H,15H2,1-4H3,(H,24,27). The van der Waals surface area contributed by atoms with Gasteiger partial charge in [-0.2, -0.15) is 5.10 Å². The molecule has 5 nitrogen and oxygen atoms in total. The summed E-state index contributed by atoms with van der Waals surface area (Å²) in [6.45, 7) is 6.47. The van der Waals surface area contributed by atoms with Gasteiger partial charge in [0.25, 0.3) is 0 Å². The Morgan fingerprint density at radius 3 is 2.22 bits per heavy atom. The van der Waals surface area contributed by atoms with Crippen molar-refractivity contribution in [2.45, 2.75) is 33.2 Å². The average molecular weight is 362 g/mol. The number of nitrogens with zero attached hydrogens (tertiary/aromatic N) is 3. The minimum absolute atomic E-state index is 0.0472. The van der Waals surface area contributed by atoms with Gasteiger partial charge in [-0.1, -0.05) is 48.5 Å². The maximum absolute atomic E-state index is 13.0. The van der Waals surface area contributed by atoms with Crippen LogP contribution >= 0.6 is 0 Å². The van der Waals surface area contributed by atoms with Gasteiger partial charge < -0.3 is 0 Å². The monoisotopic (exact) mass is 362 g/mol. The van der Waals surface area contributed by atoms with Crippen LogP contribution < -0.4 is 10.4 Å². The molecule has 3 aromatic rings. The van der Waals surface area contributed by atoms with Crippen LogP contribution in [0.25, 0.3) is 0 Å². The summed E-state index contributed by atoms with van der Waals surface area (Å²) in [5, 5.41) is 6.34. The first-order valence-corrected chi connectivity index (χ1v) is 9.14. The minimum Gasteiger partial charge on any atom is -0.281 e. The summed E-state index contributed by atoms with van der Waals surface area (Å²) >= 11 is 0. The van der Waals surface area contributed by atoms with Crippen LogP contribution in [-0.4, -0.2) is 15.7 Å². The fourth-order valence-electron chi connectivity index (χ4n) is 3.35. The molecular weight excluding hydrogens is 336 g/mol.